The standard InChI is InChI=1S/C16H29N3O4/c1-12(2)6-7-13(20)17-10-11-18-14(21)8-9-19-15(22)23-16(3,4)5/h6-7,12H,8-11H2,1-5H3,(H,17,20)(H,18,21)(H,19,22)/b7-6+. The fourth-order valence-electron chi connectivity index (χ4n) is 1.41. The van der Waals surface area contributed by atoms with Crippen LogP contribution in [0.2, 0.25) is 0 Å². The van der Waals surface area contributed by atoms with Crippen LogP contribution in [-0.4, -0.2) is 43.1 Å². The Morgan fingerprint density at radius 2 is 1.61 bits per heavy atom. The first-order valence-electron chi connectivity index (χ1n) is 7.79. The molecular formula is C16H29N3O4. The lowest BCUT2D eigenvalue weighted by atomic mass is 10.2. The second-order valence-corrected chi connectivity index (χ2v) is 6.42. The van der Waals surface area contributed by atoms with Gasteiger partial charge in [-0.15, -0.1) is 0 Å². The monoisotopic (exact) mass is 327 g/mol. The fourth-order valence-corrected chi connectivity index (χ4v) is 1.41. The number of rotatable bonds is 8. The van der Waals surface area contributed by atoms with Gasteiger partial charge in [-0.05, 0) is 32.8 Å². The van der Waals surface area contributed by atoms with E-state index in [4.69, 9.17) is 4.74 Å². The zero-order valence-electron chi connectivity index (χ0n) is 14.7. The summed E-state index contributed by atoms with van der Waals surface area (Å²) in [7, 11) is 0. The van der Waals surface area contributed by atoms with Crippen molar-refractivity contribution in [2.45, 2.75) is 46.6 Å². The highest BCUT2D eigenvalue weighted by Gasteiger charge is 2.15. The minimum Gasteiger partial charge on any atom is -0.444 e. The molecule has 0 aliphatic heterocycles. The molecule has 0 aliphatic carbocycles. The van der Waals surface area contributed by atoms with Gasteiger partial charge in [0.25, 0.3) is 0 Å². The van der Waals surface area contributed by atoms with Crippen LogP contribution < -0.4 is 16.0 Å². The highest BCUT2D eigenvalue weighted by molar-refractivity contribution is 5.87. The molecule has 3 amide bonds. The van der Waals surface area contributed by atoms with Gasteiger partial charge in [-0.1, -0.05) is 19.9 Å². The molecule has 0 saturated heterocycles. The molecule has 0 aliphatic rings. The van der Waals surface area contributed by atoms with E-state index in [1.165, 1.54) is 6.08 Å². The van der Waals surface area contributed by atoms with Gasteiger partial charge >= 0.3 is 6.09 Å². The molecule has 23 heavy (non-hydrogen) atoms. The maximum atomic E-state index is 11.5. The number of nitrogens with one attached hydrogen (secondary N) is 3. The molecule has 0 unspecified atom stereocenters. The average molecular weight is 327 g/mol. The third-order valence-electron chi connectivity index (χ3n) is 2.40. The van der Waals surface area contributed by atoms with Crippen LogP contribution in [0, 0.1) is 5.92 Å². The van der Waals surface area contributed by atoms with Crippen LogP contribution in [0.3, 0.4) is 0 Å². The van der Waals surface area contributed by atoms with Gasteiger partial charge in [-0.2, -0.15) is 0 Å². The Balaban J connectivity index is 3.69. The van der Waals surface area contributed by atoms with Crippen molar-refractivity contribution in [3.05, 3.63) is 12.2 Å². The van der Waals surface area contributed by atoms with Gasteiger partial charge in [0.1, 0.15) is 5.60 Å². The maximum Gasteiger partial charge on any atom is 0.407 e. The summed E-state index contributed by atoms with van der Waals surface area (Å²) in [5.41, 5.74) is -0.561. The molecule has 0 aromatic heterocycles. The van der Waals surface area contributed by atoms with Crippen LogP contribution in [-0.2, 0) is 14.3 Å². The molecule has 0 spiro atoms. The topological polar surface area (TPSA) is 96.5 Å². The molecule has 0 bridgehead atoms. The van der Waals surface area contributed by atoms with Gasteiger partial charge in [-0.3, -0.25) is 9.59 Å². The molecule has 7 heteroatoms. The SMILES string of the molecule is CC(C)/C=C/C(=O)NCCNC(=O)CCNC(=O)OC(C)(C)C. The van der Waals surface area contributed by atoms with Crippen molar-refractivity contribution in [1.82, 2.24) is 16.0 Å². The summed E-state index contributed by atoms with van der Waals surface area (Å²) >= 11 is 0. The smallest absolute Gasteiger partial charge is 0.407 e. The molecule has 0 saturated carbocycles. The highest BCUT2D eigenvalue weighted by Crippen LogP contribution is 2.06. The molecule has 0 heterocycles. The Kier molecular flexibility index (Phi) is 9.69. The number of ether oxygens (including phenoxy) is 1. The minimum atomic E-state index is -0.561. The number of hydrogen-bond acceptors (Lipinski definition) is 4. The molecule has 132 valence electrons. The summed E-state index contributed by atoms with van der Waals surface area (Å²) in [4.78, 5) is 34.3. The van der Waals surface area contributed by atoms with E-state index in [0.29, 0.717) is 19.0 Å². The normalized spacial score (nSPS) is 11.4. The van der Waals surface area contributed by atoms with Crippen molar-refractivity contribution in [3.63, 3.8) is 0 Å². The number of allylic oxidation sites excluding steroid dienone is 1. The first kappa shape index (κ1) is 20.9. The number of alkyl carbamates (subject to hydrolysis) is 1. The zero-order chi connectivity index (χ0) is 17.9. The third-order valence-corrected chi connectivity index (χ3v) is 2.40. The van der Waals surface area contributed by atoms with E-state index >= 15 is 0 Å². The molecule has 0 radical (unpaired) electrons. The largest absolute Gasteiger partial charge is 0.444 e. The first-order chi connectivity index (χ1) is 10.6. The van der Waals surface area contributed by atoms with Crippen LogP contribution in [0.5, 0.6) is 0 Å². The van der Waals surface area contributed by atoms with Crippen molar-refractivity contribution in [3.8, 4) is 0 Å². The van der Waals surface area contributed by atoms with Crippen LogP contribution in [0.25, 0.3) is 0 Å². The second kappa shape index (κ2) is 10.6. The van der Waals surface area contributed by atoms with Gasteiger partial charge < -0.3 is 20.7 Å². The third kappa shape index (κ3) is 14.6. The number of hydrogen-bond donors (Lipinski definition) is 3. The van der Waals surface area contributed by atoms with E-state index in [-0.39, 0.29) is 24.8 Å². The van der Waals surface area contributed by atoms with Crippen molar-refractivity contribution in [1.29, 1.82) is 0 Å². The average Bonchev–Trinajstić information content (AvgIpc) is 2.39. The Morgan fingerprint density at radius 3 is 2.17 bits per heavy atom. The van der Waals surface area contributed by atoms with Gasteiger partial charge in [0.15, 0.2) is 0 Å². The zero-order valence-corrected chi connectivity index (χ0v) is 14.7. The van der Waals surface area contributed by atoms with Crippen LogP contribution in [0.15, 0.2) is 12.2 Å². The van der Waals surface area contributed by atoms with Gasteiger partial charge in [0.2, 0.25) is 11.8 Å². The maximum absolute atomic E-state index is 11.5. The molecule has 0 atom stereocenters. The highest BCUT2D eigenvalue weighted by atomic mass is 16.6. The summed E-state index contributed by atoms with van der Waals surface area (Å²) in [6.07, 6.45) is 2.89. The summed E-state index contributed by atoms with van der Waals surface area (Å²) in [6, 6.07) is 0. The summed E-state index contributed by atoms with van der Waals surface area (Å²) < 4.78 is 5.05. The summed E-state index contributed by atoms with van der Waals surface area (Å²) in [5.74, 6) is -0.0644. The van der Waals surface area contributed by atoms with Crippen molar-refractivity contribution >= 4 is 17.9 Å². The van der Waals surface area contributed by atoms with Crippen molar-refractivity contribution < 1.29 is 19.1 Å². The Hall–Kier alpha value is -2.05. The Labute approximate surface area is 138 Å². The summed E-state index contributed by atoms with van der Waals surface area (Å²) in [5, 5.41) is 7.82. The molecule has 0 rings (SSSR count). The molecule has 0 aromatic rings. The fraction of sp³-hybridized carbons (Fsp3) is 0.688. The van der Waals surface area contributed by atoms with Gasteiger partial charge in [0, 0.05) is 26.1 Å². The molecular weight excluding hydrogens is 298 g/mol. The number of carbonyl (C=O) groups excluding carboxylic acids is 3. The molecule has 0 fully saturated rings. The number of carbonyl (C=O) groups is 3. The van der Waals surface area contributed by atoms with Crippen molar-refractivity contribution in [2.24, 2.45) is 5.92 Å². The second-order valence-electron chi connectivity index (χ2n) is 6.42. The van der Waals surface area contributed by atoms with Crippen LogP contribution >= 0.6 is 0 Å². The lowest BCUT2D eigenvalue weighted by Gasteiger charge is -2.19. The van der Waals surface area contributed by atoms with E-state index in [1.54, 1.807) is 26.8 Å². The van der Waals surface area contributed by atoms with Gasteiger partial charge in [0.05, 0.1) is 0 Å². The first-order valence-corrected chi connectivity index (χ1v) is 7.79. The lowest BCUT2D eigenvalue weighted by molar-refractivity contribution is -0.121. The van der Waals surface area contributed by atoms with Gasteiger partial charge in [-0.25, -0.2) is 4.79 Å². The Morgan fingerprint density at radius 1 is 1.00 bits per heavy atom. The van der Waals surface area contributed by atoms with Crippen LogP contribution in [0.4, 0.5) is 4.79 Å². The summed E-state index contributed by atoms with van der Waals surface area (Å²) in [6.45, 7) is 10.2. The predicted molar refractivity (Wildman–Crippen MR) is 88.9 cm³/mol. The lowest BCUT2D eigenvalue weighted by Crippen LogP contribution is -2.37. The Bertz CT molecular complexity index is 426. The molecule has 0 aromatic carbocycles. The quantitative estimate of drug-likeness (QED) is 0.463. The van der Waals surface area contributed by atoms with Crippen LogP contribution in [0.1, 0.15) is 41.0 Å². The molecule has 3 N–H and O–H groups in total. The van der Waals surface area contributed by atoms with E-state index < -0.39 is 11.7 Å². The van der Waals surface area contributed by atoms with E-state index in [2.05, 4.69) is 16.0 Å². The van der Waals surface area contributed by atoms with E-state index in [1.807, 2.05) is 13.8 Å². The minimum absolute atomic E-state index is 0.153. The number of amides is 3. The van der Waals surface area contributed by atoms with Crippen molar-refractivity contribution in [2.75, 3.05) is 19.6 Å². The molecule has 7 nitrogen and oxygen atoms in total. The van der Waals surface area contributed by atoms with E-state index in [9.17, 15) is 14.4 Å². The van der Waals surface area contributed by atoms with E-state index in [0.717, 1.165) is 0 Å². The predicted octanol–water partition coefficient (Wildman–Crippen LogP) is 1.35.